The predicted octanol–water partition coefficient (Wildman–Crippen LogP) is 3.80. The molecule has 3 rings (SSSR count). The topological polar surface area (TPSA) is 66.0 Å². The van der Waals surface area contributed by atoms with Crippen molar-refractivity contribution in [2.24, 2.45) is 0 Å². The maximum atomic E-state index is 12.8. The fourth-order valence-electron chi connectivity index (χ4n) is 3.08. The molecule has 0 unspecified atom stereocenters. The molecule has 0 aromatic heterocycles. The molecule has 0 saturated heterocycles. The van der Waals surface area contributed by atoms with E-state index in [0.29, 0.717) is 35.1 Å². The molecule has 28 heavy (non-hydrogen) atoms. The van der Waals surface area contributed by atoms with E-state index in [1.807, 2.05) is 36.4 Å². The van der Waals surface area contributed by atoms with Crippen molar-refractivity contribution in [2.45, 2.75) is 6.54 Å². The molecule has 3 aromatic rings. The molecule has 0 heterocycles. The zero-order chi connectivity index (χ0) is 20.1. The fraction of sp³-hybridized carbons (Fsp3) is 0.227. The molecule has 0 saturated carbocycles. The van der Waals surface area contributed by atoms with Gasteiger partial charge in [-0.15, -0.1) is 0 Å². The number of hydrogen-bond donors (Lipinski definition) is 1. The van der Waals surface area contributed by atoms with Gasteiger partial charge in [0.05, 0.1) is 34.0 Å². The van der Waals surface area contributed by atoms with Crippen molar-refractivity contribution in [3.8, 4) is 23.0 Å². The number of methoxy groups -OCH3 is 4. The van der Waals surface area contributed by atoms with E-state index in [0.717, 1.165) is 16.3 Å². The van der Waals surface area contributed by atoms with Crippen LogP contribution < -0.4 is 24.3 Å². The van der Waals surface area contributed by atoms with Gasteiger partial charge < -0.3 is 24.3 Å². The van der Waals surface area contributed by atoms with Gasteiger partial charge >= 0.3 is 0 Å². The highest BCUT2D eigenvalue weighted by atomic mass is 16.5. The molecule has 1 amide bonds. The zero-order valence-corrected chi connectivity index (χ0v) is 16.4. The Balaban J connectivity index is 1.85. The Labute approximate surface area is 164 Å². The van der Waals surface area contributed by atoms with Crippen molar-refractivity contribution in [1.29, 1.82) is 0 Å². The maximum absolute atomic E-state index is 12.8. The normalized spacial score (nSPS) is 10.4. The van der Waals surface area contributed by atoms with E-state index < -0.39 is 0 Å². The van der Waals surface area contributed by atoms with Gasteiger partial charge in [-0.1, -0.05) is 24.3 Å². The molecule has 0 aliphatic carbocycles. The van der Waals surface area contributed by atoms with E-state index in [4.69, 9.17) is 18.9 Å². The number of nitrogens with one attached hydrogen (secondary N) is 1. The molecular formula is C22H23NO5. The monoisotopic (exact) mass is 381 g/mol. The number of rotatable bonds is 7. The van der Waals surface area contributed by atoms with Gasteiger partial charge in [0.2, 0.25) is 5.75 Å². The Morgan fingerprint density at radius 1 is 0.786 bits per heavy atom. The van der Waals surface area contributed by atoms with Gasteiger partial charge in [-0.25, -0.2) is 0 Å². The number of carbonyl (C=O) groups is 1. The van der Waals surface area contributed by atoms with E-state index in [-0.39, 0.29) is 5.91 Å². The van der Waals surface area contributed by atoms with Crippen LogP contribution in [-0.4, -0.2) is 34.3 Å². The second-order valence-corrected chi connectivity index (χ2v) is 6.12. The molecule has 3 aromatic carbocycles. The SMILES string of the molecule is COc1cc2ccccc2cc1C(=O)NCc1cc(OC)c(OC)c(OC)c1. The number of ether oxygens (including phenoxy) is 4. The van der Waals surface area contributed by atoms with Crippen LogP contribution in [-0.2, 0) is 6.54 Å². The van der Waals surface area contributed by atoms with Crippen LogP contribution >= 0.6 is 0 Å². The van der Waals surface area contributed by atoms with Crippen LogP contribution in [0.2, 0.25) is 0 Å². The molecular weight excluding hydrogens is 358 g/mol. The van der Waals surface area contributed by atoms with Crippen LogP contribution in [0.15, 0.2) is 48.5 Å². The van der Waals surface area contributed by atoms with Crippen molar-refractivity contribution in [3.63, 3.8) is 0 Å². The molecule has 0 radical (unpaired) electrons. The average molecular weight is 381 g/mol. The van der Waals surface area contributed by atoms with Crippen molar-refractivity contribution >= 4 is 16.7 Å². The Morgan fingerprint density at radius 3 is 1.89 bits per heavy atom. The summed E-state index contributed by atoms with van der Waals surface area (Å²) in [5.41, 5.74) is 1.30. The molecule has 0 spiro atoms. The molecule has 6 heteroatoms. The van der Waals surface area contributed by atoms with Gasteiger partial charge in [-0.05, 0) is 40.6 Å². The number of benzene rings is 3. The number of hydrogen-bond acceptors (Lipinski definition) is 5. The number of fused-ring (bicyclic) bond motifs is 1. The smallest absolute Gasteiger partial charge is 0.255 e. The van der Waals surface area contributed by atoms with Crippen molar-refractivity contribution in [1.82, 2.24) is 5.32 Å². The largest absolute Gasteiger partial charge is 0.496 e. The summed E-state index contributed by atoms with van der Waals surface area (Å²) in [7, 11) is 6.22. The zero-order valence-electron chi connectivity index (χ0n) is 16.4. The van der Waals surface area contributed by atoms with Crippen LogP contribution in [0.3, 0.4) is 0 Å². The lowest BCUT2D eigenvalue weighted by Crippen LogP contribution is -2.23. The van der Waals surface area contributed by atoms with E-state index in [2.05, 4.69) is 5.32 Å². The molecule has 0 aliphatic rings. The van der Waals surface area contributed by atoms with Gasteiger partial charge in [0.15, 0.2) is 11.5 Å². The summed E-state index contributed by atoms with van der Waals surface area (Å²) < 4.78 is 21.5. The van der Waals surface area contributed by atoms with Crippen LogP contribution in [0.4, 0.5) is 0 Å². The summed E-state index contributed by atoms with van der Waals surface area (Å²) in [5, 5.41) is 4.91. The first-order valence-corrected chi connectivity index (χ1v) is 8.75. The minimum absolute atomic E-state index is 0.226. The van der Waals surface area contributed by atoms with Crippen LogP contribution in [0, 0.1) is 0 Å². The van der Waals surface area contributed by atoms with Gasteiger partial charge in [0, 0.05) is 6.54 Å². The summed E-state index contributed by atoms with van der Waals surface area (Å²) >= 11 is 0. The Hall–Kier alpha value is -3.41. The van der Waals surface area contributed by atoms with Crippen LogP contribution in [0.25, 0.3) is 10.8 Å². The Morgan fingerprint density at radius 2 is 1.36 bits per heavy atom. The third kappa shape index (κ3) is 3.81. The summed E-state index contributed by atoms with van der Waals surface area (Å²) in [6.07, 6.45) is 0. The predicted molar refractivity (Wildman–Crippen MR) is 108 cm³/mol. The first-order valence-electron chi connectivity index (χ1n) is 8.75. The van der Waals surface area contributed by atoms with Crippen LogP contribution in [0.1, 0.15) is 15.9 Å². The Bertz CT molecular complexity index is 974. The van der Waals surface area contributed by atoms with E-state index in [9.17, 15) is 4.79 Å². The fourth-order valence-corrected chi connectivity index (χ4v) is 3.08. The second-order valence-electron chi connectivity index (χ2n) is 6.12. The molecule has 6 nitrogen and oxygen atoms in total. The first-order chi connectivity index (χ1) is 13.6. The van der Waals surface area contributed by atoms with Gasteiger partial charge in [0.1, 0.15) is 5.75 Å². The lowest BCUT2D eigenvalue weighted by Gasteiger charge is -2.15. The maximum Gasteiger partial charge on any atom is 0.255 e. The summed E-state index contributed by atoms with van der Waals surface area (Å²) in [4.78, 5) is 12.8. The van der Waals surface area contributed by atoms with E-state index in [1.165, 1.54) is 0 Å². The van der Waals surface area contributed by atoms with Crippen molar-refractivity contribution in [3.05, 3.63) is 59.7 Å². The summed E-state index contributed by atoms with van der Waals surface area (Å²) in [5.74, 6) is 1.89. The minimum atomic E-state index is -0.226. The number of amides is 1. The first kappa shape index (κ1) is 19.4. The quantitative estimate of drug-likeness (QED) is 0.674. The highest BCUT2D eigenvalue weighted by molar-refractivity contribution is 6.01. The summed E-state index contributed by atoms with van der Waals surface area (Å²) in [6, 6.07) is 15.1. The third-order valence-corrected chi connectivity index (χ3v) is 4.49. The van der Waals surface area contributed by atoms with Crippen molar-refractivity contribution < 1.29 is 23.7 Å². The van der Waals surface area contributed by atoms with Crippen molar-refractivity contribution in [2.75, 3.05) is 28.4 Å². The van der Waals surface area contributed by atoms with Crippen LogP contribution in [0.5, 0.6) is 23.0 Å². The molecule has 146 valence electrons. The lowest BCUT2D eigenvalue weighted by molar-refractivity contribution is 0.0948. The average Bonchev–Trinajstić information content (AvgIpc) is 2.75. The van der Waals surface area contributed by atoms with Gasteiger partial charge in [0.25, 0.3) is 5.91 Å². The molecule has 0 atom stereocenters. The highest BCUT2D eigenvalue weighted by Crippen LogP contribution is 2.38. The molecule has 1 N–H and O–H groups in total. The third-order valence-electron chi connectivity index (χ3n) is 4.49. The van der Waals surface area contributed by atoms with E-state index >= 15 is 0 Å². The lowest BCUT2D eigenvalue weighted by atomic mass is 10.1. The molecule has 0 fully saturated rings. The minimum Gasteiger partial charge on any atom is -0.496 e. The highest BCUT2D eigenvalue weighted by Gasteiger charge is 2.16. The van der Waals surface area contributed by atoms with Gasteiger partial charge in [-0.3, -0.25) is 4.79 Å². The summed E-state index contributed by atoms with van der Waals surface area (Å²) in [6.45, 7) is 0.297. The Kier molecular flexibility index (Phi) is 5.89. The second kappa shape index (κ2) is 8.52. The standard InChI is InChI=1S/C22H23NO5/c1-25-18-12-16-8-6-5-7-15(16)11-17(18)22(24)23-13-14-9-19(26-2)21(28-4)20(10-14)27-3/h5-12H,13H2,1-4H3,(H,23,24). The number of carbonyl (C=O) groups excluding carboxylic acids is 1. The molecule has 0 bridgehead atoms. The molecule has 0 aliphatic heterocycles. The van der Waals surface area contributed by atoms with Gasteiger partial charge in [-0.2, -0.15) is 0 Å². The van der Waals surface area contributed by atoms with E-state index in [1.54, 1.807) is 40.6 Å².